The number of benzene rings is 2. The molecular weight excluding hydrogens is 266 g/mol. The Morgan fingerprint density at radius 2 is 1.90 bits per heavy atom. The number of carbonyl (C=O) groups is 1. The number of rotatable bonds is 3. The highest BCUT2D eigenvalue weighted by Gasteiger charge is 2.15. The van der Waals surface area contributed by atoms with E-state index in [1.807, 2.05) is 37.4 Å². The third-order valence-corrected chi connectivity index (χ3v) is 3.40. The van der Waals surface area contributed by atoms with E-state index in [0.29, 0.717) is 11.3 Å². The van der Waals surface area contributed by atoms with Crippen molar-refractivity contribution < 1.29 is 9.90 Å². The quantitative estimate of drug-likeness (QED) is 0.773. The minimum absolute atomic E-state index is 0.170. The molecule has 106 valence electrons. The number of nitrogens with one attached hydrogen (secondary N) is 1. The van der Waals surface area contributed by atoms with Crippen molar-refractivity contribution in [1.29, 1.82) is 0 Å². The number of hydrogen-bond donors (Lipinski definition) is 2. The number of fused-ring (bicyclic) bond motifs is 1. The molecule has 1 amide bonds. The van der Waals surface area contributed by atoms with Crippen LogP contribution in [-0.2, 0) is 13.6 Å². The Bertz CT molecular complexity index is 808. The van der Waals surface area contributed by atoms with Gasteiger partial charge in [-0.25, -0.2) is 0 Å². The molecule has 0 aliphatic heterocycles. The number of phenolic OH excluding ortho intramolecular Hbond substituents is 1. The summed E-state index contributed by atoms with van der Waals surface area (Å²) in [6.07, 6.45) is 0. The molecule has 1 heterocycles. The lowest BCUT2D eigenvalue weighted by molar-refractivity contribution is 0.0946. The molecule has 5 heteroatoms. The second kappa shape index (κ2) is 5.28. The molecule has 0 bridgehead atoms. The maximum atomic E-state index is 12.3. The number of aromatic hydroxyl groups is 1. The van der Waals surface area contributed by atoms with Crippen molar-refractivity contribution in [3.05, 3.63) is 59.8 Å². The molecule has 0 aliphatic carbocycles. The number of carbonyl (C=O) groups excluding carboxylic acids is 1. The average Bonchev–Trinajstić information content (AvgIpc) is 2.84. The molecule has 21 heavy (non-hydrogen) atoms. The first-order valence-electron chi connectivity index (χ1n) is 6.63. The summed E-state index contributed by atoms with van der Waals surface area (Å²) >= 11 is 0. The molecule has 3 aromatic rings. The topological polar surface area (TPSA) is 67.2 Å². The smallest absolute Gasteiger partial charge is 0.272 e. The van der Waals surface area contributed by atoms with Gasteiger partial charge in [-0.05, 0) is 12.1 Å². The third kappa shape index (κ3) is 2.45. The van der Waals surface area contributed by atoms with E-state index in [2.05, 4.69) is 10.4 Å². The Hall–Kier alpha value is -2.82. The fraction of sp³-hybridized carbons (Fsp3) is 0.125. The van der Waals surface area contributed by atoms with Crippen molar-refractivity contribution in [2.24, 2.45) is 7.05 Å². The molecule has 0 radical (unpaired) electrons. The fourth-order valence-corrected chi connectivity index (χ4v) is 2.30. The zero-order valence-corrected chi connectivity index (χ0v) is 11.6. The van der Waals surface area contributed by atoms with Gasteiger partial charge in [-0.3, -0.25) is 9.48 Å². The SMILES string of the molecule is Cn1nc(C(=O)NCc2ccccc2O)c2ccccc21. The lowest BCUT2D eigenvalue weighted by Crippen LogP contribution is -2.23. The number of hydrogen-bond acceptors (Lipinski definition) is 3. The van der Waals surface area contributed by atoms with Crippen LogP contribution in [0.15, 0.2) is 48.5 Å². The average molecular weight is 281 g/mol. The van der Waals surface area contributed by atoms with Crippen LogP contribution in [0.3, 0.4) is 0 Å². The Balaban J connectivity index is 1.83. The molecule has 0 atom stereocenters. The molecule has 0 aliphatic rings. The number of phenols is 1. The van der Waals surface area contributed by atoms with Crippen LogP contribution in [0.2, 0.25) is 0 Å². The third-order valence-electron chi connectivity index (χ3n) is 3.40. The van der Waals surface area contributed by atoms with Crippen molar-refractivity contribution in [3.8, 4) is 5.75 Å². The summed E-state index contributed by atoms with van der Waals surface area (Å²) in [5.74, 6) is -0.0845. The maximum Gasteiger partial charge on any atom is 0.272 e. The van der Waals surface area contributed by atoms with Crippen LogP contribution in [0.25, 0.3) is 10.9 Å². The number of nitrogens with zero attached hydrogens (tertiary/aromatic N) is 2. The van der Waals surface area contributed by atoms with Crippen molar-refractivity contribution in [3.63, 3.8) is 0 Å². The predicted molar refractivity (Wildman–Crippen MR) is 80.0 cm³/mol. The second-order valence-electron chi connectivity index (χ2n) is 4.80. The number of aromatic nitrogens is 2. The summed E-state index contributed by atoms with van der Waals surface area (Å²) in [7, 11) is 1.81. The predicted octanol–water partition coefficient (Wildman–Crippen LogP) is 2.21. The fourth-order valence-electron chi connectivity index (χ4n) is 2.30. The van der Waals surface area contributed by atoms with Crippen LogP contribution in [0.4, 0.5) is 0 Å². The second-order valence-corrected chi connectivity index (χ2v) is 4.80. The summed E-state index contributed by atoms with van der Waals surface area (Å²) in [6, 6.07) is 14.5. The first-order valence-corrected chi connectivity index (χ1v) is 6.63. The highest BCUT2D eigenvalue weighted by atomic mass is 16.3. The zero-order chi connectivity index (χ0) is 14.8. The van der Waals surface area contributed by atoms with Gasteiger partial charge >= 0.3 is 0 Å². The van der Waals surface area contributed by atoms with Gasteiger partial charge in [-0.2, -0.15) is 5.10 Å². The standard InChI is InChI=1S/C16H15N3O2/c1-19-13-8-4-3-7-12(13)15(18-19)16(21)17-10-11-6-2-5-9-14(11)20/h2-9,20H,10H2,1H3,(H,17,21). The Kier molecular flexibility index (Phi) is 3.31. The molecule has 1 aromatic heterocycles. The van der Waals surface area contributed by atoms with Gasteiger partial charge in [-0.15, -0.1) is 0 Å². The zero-order valence-electron chi connectivity index (χ0n) is 11.6. The van der Waals surface area contributed by atoms with Crippen LogP contribution in [0.5, 0.6) is 5.75 Å². The highest BCUT2D eigenvalue weighted by molar-refractivity contribution is 6.04. The van der Waals surface area contributed by atoms with E-state index in [4.69, 9.17) is 0 Å². The molecule has 0 spiro atoms. The monoisotopic (exact) mass is 281 g/mol. The van der Waals surface area contributed by atoms with Gasteiger partial charge in [0.15, 0.2) is 5.69 Å². The Morgan fingerprint density at radius 3 is 2.71 bits per heavy atom. The van der Waals surface area contributed by atoms with Gasteiger partial charge < -0.3 is 10.4 Å². The van der Waals surface area contributed by atoms with E-state index >= 15 is 0 Å². The molecule has 5 nitrogen and oxygen atoms in total. The van der Waals surface area contributed by atoms with Crippen LogP contribution >= 0.6 is 0 Å². The summed E-state index contributed by atoms with van der Waals surface area (Å²) in [6.45, 7) is 0.260. The molecule has 3 rings (SSSR count). The summed E-state index contributed by atoms with van der Waals surface area (Å²) < 4.78 is 1.68. The molecule has 0 saturated heterocycles. The van der Waals surface area contributed by atoms with Crippen LogP contribution < -0.4 is 5.32 Å². The molecule has 0 fully saturated rings. The minimum atomic E-state index is -0.255. The number of amides is 1. The van der Waals surface area contributed by atoms with Crippen LogP contribution in [0.1, 0.15) is 16.1 Å². The van der Waals surface area contributed by atoms with Gasteiger partial charge in [0.1, 0.15) is 5.75 Å². The van der Waals surface area contributed by atoms with Gasteiger partial charge in [0, 0.05) is 24.5 Å². The number of aryl methyl sites for hydroxylation is 1. The summed E-state index contributed by atoms with van der Waals surface area (Å²) in [4.78, 5) is 12.3. The van der Waals surface area contributed by atoms with Gasteiger partial charge in [0.2, 0.25) is 0 Å². The van der Waals surface area contributed by atoms with Gasteiger partial charge in [-0.1, -0.05) is 36.4 Å². The normalized spacial score (nSPS) is 10.7. The van der Waals surface area contributed by atoms with Crippen molar-refractivity contribution in [2.45, 2.75) is 6.54 Å². The van der Waals surface area contributed by atoms with E-state index < -0.39 is 0 Å². The lowest BCUT2D eigenvalue weighted by Gasteiger charge is -2.05. The Morgan fingerprint density at radius 1 is 1.19 bits per heavy atom. The first-order chi connectivity index (χ1) is 10.2. The van der Waals surface area contributed by atoms with Crippen LogP contribution in [-0.4, -0.2) is 20.8 Å². The van der Waals surface area contributed by atoms with E-state index in [1.165, 1.54) is 0 Å². The van der Waals surface area contributed by atoms with Crippen molar-refractivity contribution in [1.82, 2.24) is 15.1 Å². The van der Waals surface area contributed by atoms with E-state index in [0.717, 1.165) is 10.9 Å². The molecule has 0 saturated carbocycles. The minimum Gasteiger partial charge on any atom is -0.508 e. The van der Waals surface area contributed by atoms with Crippen LogP contribution in [0, 0.1) is 0 Å². The lowest BCUT2D eigenvalue weighted by atomic mass is 10.2. The molecule has 2 N–H and O–H groups in total. The highest BCUT2D eigenvalue weighted by Crippen LogP contribution is 2.18. The van der Waals surface area contributed by atoms with Crippen molar-refractivity contribution in [2.75, 3.05) is 0 Å². The van der Waals surface area contributed by atoms with E-state index in [1.54, 1.807) is 22.9 Å². The molecule has 0 unspecified atom stereocenters. The summed E-state index contributed by atoms with van der Waals surface area (Å²) in [5, 5.41) is 17.6. The van der Waals surface area contributed by atoms with E-state index in [-0.39, 0.29) is 18.2 Å². The first kappa shape index (κ1) is 13.2. The summed E-state index contributed by atoms with van der Waals surface area (Å²) in [5.41, 5.74) is 1.97. The van der Waals surface area contributed by atoms with Crippen molar-refractivity contribution >= 4 is 16.8 Å². The van der Waals surface area contributed by atoms with E-state index in [9.17, 15) is 9.90 Å². The molecule has 2 aromatic carbocycles. The largest absolute Gasteiger partial charge is 0.508 e. The maximum absolute atomic E-state index is 12.3. The van der Waals surface area contributed by atoms with Gasteiger partial charge in [0.05, 0.1) is 5.52 Å². The Labute approximate surface area is 121 Å². The van der Waals surface area contributed by atoms with Gasteiger partial charge in [0.25, 0.3) is 5.91 Å². The molecular formula is C16H15N3O2. The number of para-hydroxylation sites is 2.